The number of benzene rings is 1. The molecule has 2 bridgehead atoms. The molecule has 3 aliphatic rings. The first kappa shape index (κ1) is 18.0. The van der Waals surface area contributed by atoms with Gasteiger partial charge in [0.1, 0.15) is 12.1 Å². The summed E-state index contributed by atoms with van der Waals surface area (Å²) < 4.78 is 0. The number of unbranched alkanes of at least 4 members (excludes halogenated alkanes) is 1. The summed E-state index contributed by atoms with van der Waals surface area (Å²) in [6.07, 6.45) is 13.4. The van der Waals surface area contributed by atoms with Crippen LogP contribution in [0.3, 0.4) is 0 Å². The van der Waals surface area contributed by atoms with Gasteiger partial charge in [-0.15, -0.1) is 0 Å². The Morgan fingerprint density at radius 2 is 1.52 bits per heavy atom. The van der Waals surface area contributed by atoms with Gasteiger partial charge in [0.25, 0.3) is 0 Å². The topological polar surface area (TPSA) is 47.6 Å². The molecule has 0 atom stereocenters. The van der Waals surface area contributed by atoms with Crippen LogP contribution in [0.2, 0.25) is 0 Å². The summed E-state index contributed by atoms with van der Waals surface area (Å²) >= 11 is 0. The third-order valence-electron chi connectivity index (χ3n) is 7.07. The maximum atomic E-state index is 9.84. The van der Waals surface area contributed by atoms with Crippen molar-refractivity contribution in [3.8, 4) is 12.1 Å². The van der Waals surface area contributed by atoms with Gasteiger partial charge in [-0.1, -0.05) is 45.2 Å². The number of hydrogen-bond donors (Lipinski definition) is 0. The Labute approximate surface area is 152 Å². The minimum absolute atomic E-state index is 0.148. The van der Waals surface area contributed by atoms with Crippen molar-refractivity contribution in [3.05, 3.63) is 34.4 Å². The van der Waals surface area contributed by atoms with Gasteiger partial charge in [0.05, 0.1) is 11.1 Å². The summed E-state index contributed by atoms with van der Waals surface area (Å²) in [4.78, 5) is 0. The number of fused-ring (bicyclic) bond motifs is 3. The average Bonchev–Trinajstić information content (AvgIpc) is 2.67. The molecule has 0 amide bonds. The van der Waals surface area contributed by atoms with E-state index in [0.717, 1.165) is 18.4 Å². The van der Waals surface area contributed by atoms with Gasteiger partial charge in [0.2, 0.25) is 0 Å². The molecule has 2 heteroatoms. The highest BCUT2D eigenvalue weighted by molar-refractivity contribution is 5.57. The van der Waals surface area contributed by atoms with Gasteiger partial charge >= 0.3 is 0 Å². The van der Waals surface area contributed by atoms with E-state index in [1.165, 1.54) is 63.4 Å². The van der Waals surface area contributed by atoms with Crippen LogP contribution < -0.4 is 0 Å². The summed E-state index contributed by atoms with van der Waals surface area (Å²) in [5.74, 6) is 0. The van der Waals surface area contributed by atoms with Crippen molar-refractivity contribution in [1.29, 1.82) is 10.5 Å². The van der Waals surface area contributed by atoms with Gasteiger partial charge in [-0.05, 0) is 73.3 Å². The smallest absolute Gasteiger partial charge is 0.101 e. The fraction of sp³-hybridized carbons (Fsp3) is 0.652. The van der Waals surface area contributed by atoms with Crippen molar-refractivity contribution >= 4 is 0 Å². The Morgan fingerprint density at radius 3 is 2.04 bits per heavy atom. The van der Waals surface area contributed by atoms with Gasteiger partial charge in [-0.3, -0.25) is 0 Å². The fourth-order valence-corrected chi connectivity index (χ4v) is 5.40. The zero-order valence-electron chi connectivity index (χ0n) is 15.8. The molecule has 0 N–H and O–H groups in total. The molecule has 1 aromatic carbocycles. The van der Waals surface area contributed by atoms with E-state index in [0.29, 0.717) is 16.5 Å². The largest absolute Gasteiger partial charge is 0.192 e. The lowest BCUT2D eigenvalue weighted by molar-refractivity contribution is 0.0307. The lowest BCUT2D eigenvalue weighted by atomic mass is 9.50. The van der Waals surface area contributed by atoms with E-state index >= 15 is 0 Å². The van der Waals surface area contributed by atoms with Crippen molar-refractivity contribution < 1.29 is 0 Å². The molecule has 25 heavy (non-hydrogen) atoms. The van der Waals surface area contributed by atoms with Crippen LogP contribution >= 0.6 is 0 Å². The van der Waals surface area contributed by atoms with Gasteiger partial charge in [0, 0.05) is 0 Å². The maximum absolute atomic E-state index is 9.84. The fourth-order valence-electron chi connectivity index (χ4n) is 5.40. The molecule has 0 unspecified atom stereocenters. The molecule has 0 spiro atoms. The van der Waals surface area contributed by atoms with Crippen LogP contribution in [0.5, 0.6) is 0 Å². The number of nitriles is 2. The Bertz CT molecular complexity index is 692. The van der Waals surface area contributed by atoms with Crippen LogP contribution in [0, 0.1) is 28.1 Å². The monoisotopic (exact) mass is 334 g/mol. The molecule has 0 heterocycles. The molecule has 3 saturated carbocycles. The van der Waals surface area contributed by atoms with E-state index < -0.39 is 0 Å². The quantitative estimate of drug-likeness (QED) is 0.625. The molecule has 1 aromatic rings. The molecule has 0 aromatic heterocycles. The summed E-state index contributed by atoms with van der Waals surface area (Å²) in [6.45, 7) is 4.41. The van der Waals surface area contributed by atoms with Gasteiger partial charge in [0.15, 0.2) is 0 Å². The van der Waals surface area contributed by atoms with Crippen molar-refractivity contribution in [2.75, 3.05) is 0 Å². The van der Waals surface area contributed by atoms with E-state index in [9.17, 15) is 10.5 Å². The Morgan fingerprint density at radius 1 is 0.880 bits per heavy atom. The van der Waals surface area contributed by atoms with E-state index in [1.54, 1.807) is 0 Å². The van der Waals surface area contributed by atoms with Crippen LogP contribution in [0.4, 0.5) is 0 Å². The molecule has 132 valence electrons. The van der Waals surface area contributed by atoms with Gasteiger partial charge in [-0.25, -0.2) is 0 Å². The lowest BCUT2D eigenvalue weighted by Gasteiger charge is -2.54. The Kier molecular flexibility index (Phi) is 5.19. The Balaban J connectivity index is 1.94. The normalized spacial score (nSPS) is 27.7. The Hall–Kier alpha value is -1.80. The molecule has 2 nitrogen and oxygen atoms in total. The second-order valence-corrected chi connectivity index (χ2v) is 8.38. The highest BCUT2D eigenvalue weighted by Crippen LogP contribution is 2.60. The summed E-state index contributed by atoms with van der Waals surface area (Å²) in [7, 11) is 0. The van der Waals surface area contributed by atoms with Crippen molar-refractivity contribution in [2.24, 2.45) is 5.41 Å². The van der Waals surface area contributed by atoms with Crippen molar-refractivity contribution in [2.45, 2.75) is 89.9 Å². The molecule has 3 fully saturated rings. The van der Waals surface area contributed by atoms with Crippen LogP contribution in [-0.4, -0.2) is 0 Å². The second-order valence-electron chi connectivity index (χ2n) is 8.38. The predicted octanol–water partition coefficient (Wildman–Crippen LogP) is 6.16. The highest BCUT2D eigenvalue weighted by atomic mass is 14.5. The third-order valence-corrected chi connectivity index (χ3v) is 7.07. The van der Waals surface area contributed by atoms with Crippen LogP contribution in [0.25, 0.3) is 0 Å². The molecule has 4 rings (SSSR count). The van der Waals surface area contributed by atoms with Crippen LogP contribution in [0.15, 0.2) is 12.1 Å². The zero-order valence-corrected chi connectivity index (χ0v) is 15.8. The summed E-state index contributed by atoms with van der Waals surface area (Å²) in [5, 5.41) is 19.5. The van der Waals surface area contributed by atoms with Crippen molar-refractivity contribution in [3.63, 3.8) is 0 Å². The first-order valence-electron chi connectivity index (χ1n) is 10.1. The van der Waals surface area contributed by atoms with Gasteiger partial charge in [-0.2, -0.15) is 10.5 Å². The average molecular weight is 335 g/mol. The molecular formula is C23H30N2. The molecular weight excluding hydrogens is 304 g/mol. The van der Waals surface area contributed by atoms with Crippen LogP contribution in [0.1, 0.15) is 100 Å². The van der Waals surface area contributed by atoms with E-state index in [2.05, 4.69) is 38.1 Å². The zero-order chi connectivity index (χ0) is 17.9. The first-order valence-corrected chi connectivity index (χ1v) is 10.1. The molecule has 0 saturated heterocycles. The summed E-state index contributed by atoms with van der Waals surface area (Å²) in [5.41, 5.74) is 4.27. The first-order chi connectivity index (χ1) is 12.1. The van der Waals surface area contributed by atoms with Crippen LogP contribution in [-0.2, 0) is 11.8 Å². The SMILES string of the molecule is CCCCC12CCC(c3ccc(CCC)c(C#N)c3C#N)(CC1)CC2. The third kappa shape index (κ3) is 3.08. The number of aryl methyl sites for hydroxylation is 1. The minimum atomic E-state index is 0.148. The standard InChI is InChI=1S/C23H30N2/c1-3-5-9-22-10-13-23(14-11-22,15-12-22)21-8-7-18(6-4-2)19(16-24)20(21)17-25/h7-8H,3-6,9-15H2,1-2H3. The lowest BCUT2D eigenvalue weighted by Crippen LogP contribution is -2.44. The van der Waals surface area contributed by atoms with Gasteiger partial charge < -0.3 is 0 Å². The molecule has 0 aliphatic heterocycles. The molecule has 0 radical (unpaired) electrons. The number of hydrogen-bond acceptors (Lipinski definition) is 2. The summed E-state index contributed by atoms with van der Waals surface area (Å²) in [6, 6.07) is 9.07. The maximum Gasteiger partial charge on any atom is 0.101 e. The van der Waals surface area contributed by atoms with E-state index in [-0.39, 0.29) is 5.41 Å². The van der Waals surface area contributed by atoms with E-state index in [1.807, 2.05) is 0 Å². The highest BCUT2D eigenvalue weighted by Gasteiger charge is 2.49. The number of rotatable bonds is 6. The predicted molar refractivity (Wildman–Crippen MR) is 101 cm³/mol. The molecule has 3 aliphatic carbocycles. The van der Waals surface area contributed by atoms with Crippen molar-refractivity contribution in [1.82, 2.24) is 0 Å². The minimum Gasteiger partial charge on any atom is -0.192 e. The second kappa shape index (κ2) is 7.21. The van der Waals surface area contributed by atoms with E-state index in [4.69, 9.17) is 0 Å². The number of nitrogens with zero attached hydrogens (tertiary/aromatic N) is 2.